The van der Waals surface area contributed by atoms with E-state index in [1.165, 1.54) is 11.9 Å². The number of anilines is 1. The molecule has 2 aromatic carbocycles. The highest BCUT2D eigenvalue weighted by atomic mass is 79.9. The first-order valence-electron chi connectivity index (χ1n) is 9.46. The number of sulfonamides is 1. The molecule has 162 valence electrons. The van der Waals surface area contributed by atoms with E-state index in [0.717, 1.165) is 16.1 Å². The SMILES string of the molecule is CCC(C(=O)NC)N(Cc1ccccc1)C(=O)CN(c1ccccc1Br)S(C)(=O)=O. The predicted molar refractivity (Wildman–Crippen MR) is 121 cm³/mol. The van der Waals surface area contributed by atoms with E-state index in [1.807, 2.05) is 37.3 Å². The Balaban J connectivity index is 2.42. The van der Waals surface area contributed by atoms with Crippen molar-refractivity contribution in [1.29, 1.82) is 0 Å². The van der Waals surface area contributed by atoms with Crippen LogP contribution in [0.4, 0.5) is 5.69 Å². The Labute approximate surface area is 186 Å². The van der Waals surface area contributed by atoms with Crippen LogP contribution in [0.25, 0.3) is 0 Å². The van der Waals surface area contributed by atoms with Crippen LogP contribution in [0.1, 0.15) is 18.9 Å². The number of likely N-dealkylation sites (N-methyl/N-ethyl adjacent to an activating group) is 1. The summed E-state index contributed by atoms with van der Waals surface area (Å²) < 4.78 is 26.6. The molecule has 1 N–H and O–H groups in total. The first-order valence-corrected chi connectivity index (χ1v) is 12.1. The standard InChI is InChI=1S/C21H26BrN3O4S/c1-4-18(21(27)23-2)24(14-16-10-6-5-7-11-16)20(26)15-25(30(3,28)29)19-13-9-8-12-17(19)22/h5-13,18H,4,14-15H2,1-3H3,(H,23,27). The van der Waals surface area contributed by atoms with Crippen molar-refractivity contribution in [3.63, 3.8) is 0 Å². The Morgan fingerprint density at radius 1 is 1.07 bits per heavy atom. The monoisotopic (exact) mass is 495 g/mol. The number of benzene rings is 2. The van der Waals surface area contributed by atoms with E-state index >= 15 is 0 Å². The first kappa shape index (κ1) is 23.9. The maximum absolute atomic E-state index is 13.3. The van der Waals surface area contributed by atoms with Crippen LogP contribution in [0, 0.1) is 0 Å². The van der Waals surface area contributed by atoms with Crippen LogP contribution in [0.2, 0.25) is 0 Å². The van der Waals surface area contributed by atoms with Gasteiger partial charge in [-0.1, -0.05) is 49.4 Å². The van der Waals surface area contributed by atoms with E-state index in [4.69, 9.17) is 0 Å². The second-order valence-electron chi connectivity index (χ2n) is 6.77. The number of amides is 2. The summed E-state index contributed by atoms with van der Waals surface area (Å²) in [7, 11) is -2.23. The van der Waals surface area contributed by atoms with Gasteiger partial charge in [0.2, 0.25) is 21.8 Å². The quantitative estimate of drug-likeness (QED) is 0.579. The second-order valence-corrected chi connectivity index (χ2v) is 9.53. The van der Waals surface area contributed by atoms with Gasteiger partial charge in [-0.3, -0.25) is 13.9 Å². The lowest BCUT2D eigenvalue weighted by Gasteiger charge is -2.32. The second kappa shape index (κ2) is 10.6. The zero-order valence-electron chi connectivity index (χ0n) is 17.2. The minimum absolute atomic E-state index is 0.194. The van der Waals surface area contributed by atoms with Crippen LogP contribution >= 0.6 is 15.9 Å². The lowest BCUT2D eigenvalue weighted by atomic mass is 10.1. The number of halogens is 1. The molecule has 1 unspecified atom stereocenters. The van der Waals surface area contributed by atoms with Crippen LogP contribution in [0.5, 0.6) is 0 Å². The summed E-state index contributed by atoms with van der Waals surface area (Å²) in [4.78, 5) is 27.2. The summed E-state index contributed by atoms with van der Waals surface area (Å²) >= 11 is 3.35. The van der Waals surface area contributed by atoms with Gasteiger partial charge in [-0.25, -0.2) is 8.42 Å². The van der Waals surface area contributed by atoms with Gasteiger partial charge >= 0.3 is 0 Å². The Bertz CT molecular complexity index is 983. The van der Waals surface area contributed by atoms with Crippen LogP contribution in [-0.4, -0.2) is 51.0 Å². The molecule has 9 heteroatoms. The maximum atomic E-state index is 13.3. The van der Waals surface area contributed by atoms with Gasteiger partial charge in [0, 0.05) is 18.1 Å². The molecule has 0 aromatic heterocycles. The molecule has 0 saturated heterocycles. The van der Waals surface area contributed by atoms with E-state index in [2.05, 4.69) is 21.2 Å². The molecule has 0 aliphatic carbocycles. The molecule has 2 rings (SSSR count). The number of para-hydroxylation sites is 1. The van der Waals surface area contributed by atoms with E-state index in [9.17, 15) is 18.0 Å². The van der Waals surface area contributed by atoms with Crippen molar-refractivity contribution in [2.24, 2.45) is 0 Å². The van der Waals surface area contributed by atoms with E-state index in [1.54, 1.807) is 24.3 Å². The fraction of sp³-hybridized carbons (Fsp3) is 0.333. The Morgan fingerprint density at radius 2 is 1.67 bits per heavy atom. The number of carbonyl (C=O) groups excluding carboxylic acids is 2. The van der Waals surface area contributed by atoms with Gasteiger partial charge in [0.05, 0.1) is 11.9 Å². The van der Waals surface area contributed by atoms with Gasteiger partial charge in [0.1, 0.15) is 12.6 Å². The zero-order chi connectivity index (χ0) is 22.3. The highest BCUT2D eigenvalue weighted by molar-refractivity contribution is 9.10. The van der Waals surface area contributed by atoms with E-state index in [-0.39, 0.29) is 12.5 Å². The largest absolute Gasteiger partial charge is 0.357 e. The van der Waals surface area contributed by atoms with Crippen LogP contribution in [0.3, 0.4) is 0 Å². The predicted octanol–water partition coefficient (Wildman–Crippen LogP) is 2.77. The van der Waals surface area contributed by atoms with Gasteiger partial charge in [0.15, 0.2) is 0 Å². The third-order valence-electron chi connectivity index (χ3n) is 4.63. The number of nitrogens with one attached hydrogen (secondary N) is 1. The van der Waals surface area contributed by atoms with Gasteiger partial charge in [-0.15, -0.1) is 0 Å². The van der Waals surface area contributed by atoms with Crippen LogP contribution in [0.15, 0.2) is 59.1 Å². The average molecular weight is 496 g/mol. The average Bonchev–Trinajstić information content (AvgIpc) is 2.72. The van der Waals surface area contributed by atoms with Gasteiger partial charge < -0.3 is 10.2 Å². The molecular weight excluding hydrogens is 470 g/mol. The van der Waals surface area contributed by atoms with Crippen molar-refractivity contribution in [1.82, 2.24) is 10.2 Å². The van der Waals surface area contributed by atoms with Crippen molar-refractivity contribution >= 4 is 43.5 Å². The third kappa shape index (κ3) is 6.06. The minimum Gasteiger partial charge on any atom is -0.357 e. The lowest BCUT2D eigenvalue weighted by Crippen LogP contribution is -2.51. The molecular formula is C21H26BrN3O4S. The molecule has 0 radical (unpaired) electrons. The van der Waals surface area contributed by atoms with Gasteiger partial charge in [-0.05, 0) is 40.0 Å². The third-order valence-corrected chi connectivity index (χ3v) is 6.43. The van der Waals surface area contributed by atoms with E-state index < -0.39 is 28.5 Å². The molecule has 2 amide bonds. The Kier molecular flexibility index (Phi) is 8.43. The van der Waals surface area contributed by atoms with Gasteiger partial charge in [0.25, 0.3) is 0 Å². The molecule has 2 aromatic rings. The number of carbonyl (C=O) groups is 2. The lowest BCUT2D eigenvalue weighted by molar-refractivity contribution is -0.140. The molecule has 0 heterocycles. The summed E-state index contributed by atoms with van der Waals surface area (Å²) in [6.07, 6.45) is 1.45. The molecule has 0 aliphatic heterocycles. The summed E-state index contributed by atoms with van der Waals surface area (Å²) in [5.41, 5.74) is 1.21. The summed E-state index contributed by atoms with van der Waals surface area (Å²) in [5, 5.41) is 2.59. The topological polar surface area (TPSA) is 86.8 Å². The number of nitrogens with zero attached hydrogens (tertiary/aromatic N) is 2. The maximum Gasteiger partial charge on any atom is 0.244 e. The number of hydrogen-bond donors (Lipinski definition) is 1. The molecule has 0 fully saturated rings. The molecule has 0 spiro atoms. The molecule has 30 heavy (non-hydrogen) atoms. The minimum atomic E-state index is -3.74. The van der Waals surface area contributed by atoms with Crippen molar-refractivity contribution in [2.45, 2.75) is 25.9 Å². The molecule has 0 aliphatic rings. The van der Waals surface area contributed by atoms with Crippen molar-refractivity contribution in [3.8, 4) is 0 Å². The van der Waals surface area contributed by atoms with Crippen LogP contribution in [-0.2, 0) is 26.2 Å². The molecule has 0 bridgehead atoms. The number of hydrogen-bond acceptors (Lipinski definition) is 4. The van der Waals surface area contributed by atoms with Crippen molar-refractivity contribution in [3.05, 3.63) is 64.6 Å². The fourth-order valence-electron chi connectivity index (χ4n) is 3.11. The van der Waals surface area contributed by atoms with Crippen molar-refractivity contribution in [2.75, 3.05) is 24.2 Å². The highest BCUT2D eigenvalue weighted by Crippen LogP contribution is 2.28. The Morgan fingerprint density at radius 3 is 2.20 bits per heavy atom. The normalized spacial score (nSPS) is 12.1. The van der Waals surface area contributed by atoms with Crippen LogP contribution < -0.4 is 9.62 Å². The highest BCUT2D eigenvalue weighted by Gasteiger charge is 2.31. The summed E-state index contributed by atoms with van der Waals surface area (Å²) in [6, 6.07) is 15.4. The van der Waals surface area contributed by atoms with Gasteiger partial charge in [-0.2, -0.15) is 0 Å². The molecule has 0 saturated carbocycles. The van der Waals surface area contributed by atoms with E-state index in [0.29, 0.717) is 16.6 Å². The molecule has 7 nitrogen and oxygen atoms in total. The first-order chi connectivity index (χ1) is 14.2. The summed E-state index contributed by atoms with van der Waals surface area (Å²) in [6.45, 7) is 1.59. The zero-order valence-corrected chi connectivity index (χ0v) is 19.6. The molecule has 1 atom stereocenters. The summed E-state index contributed by atoms with van der Waals surface area (Å²) in [5.74, 6) is -0.760. The van der Waals surface area contributed by atoms with Crippen molar-refractivity contribution < 1.29 is 18.0 Å². The fourth-order valence-corrected chi connectivity index (χ4v) is 4.59. The smallest absolute Gasteiger partial charge is 0.244 e. The Hall–Kier alpha value is -2.39. The number of rotatable bonds is 9.